The van der Waals surface area contributed by atoms with Gasteiger partial charge in [0.05, 0.1) is 5.69 Å². The summed E-state index contributed by atoms with van der Waals surface area (Å²) in [5, 5.41) is 11.8. The van der Waals surface area contributed by atoms with Crippen LogP contribution in [0.1, 0.15) is 21.6 Å². The maximum absolute atomic E-state index is 12.2. The summed E-state index contributed by atoms with van der Waals surface area (Å²) in [7, 11) is 0. The quantitative estimate of drug-likeness (QED) is 0.618. The highest BCUT2D eigenvalue weighted by Gasteiger charge is 2.13. The van der Waals surface area contributed by atoms with E-state index >= 15 is 0 Å². The summed E-state index contributed by atoms with van der Waals surface area (Å²) in [6.07, 6.45) is 3.09. The zero-order valence-corrected chi connectivity index (χ0v) is 14.9. The predicted octanol–water partition coefficient (Wildman–Crippen LogP) is 3.52. The number of carboxylic acid groups (broad SMARTS) is 1. The van der Waals surface area contributed by atoms with Crippen molar-refractivity contribution < 1.29 is 19.4 Å². The van der Waals surface area contributed by atoms with Crippen LogP contribution in [0.2, 0.25) is 0 Å². The van der Waals surface area contributed by atoms with Gasteiger partial charge in [-0.2, -0.15) is 0 Å². The Morgan fingerprint density at radius 1 is 0.964 bits per heavy atom. The molecule has 0 fully saturated rings. The van der Waals surface area contributed by atoms with Gasteiger partial charge in [-0.3, -0.25) is 9.78 Å². The van der Waals surface area contributed by atoms with E-state index in [-0.39, 0.29) is 5.70 Å². The minimum atomic E-state index is -1.22. The molecule has 0 bridgehead atoms. The van der Waals surface area contributed by atoms with Gasteiger partial charge in [0, 0.05) is 11.8 Å². The molecule has 6 heteroatoms. The zero-order valence-electron chi connectivity index (χ0n) is 14.9. The lowest BCUT2D eigenvalue weighted by molar-refractivity contribution is -0.132. The molecule has 3 rings (SSSR count). The molecule has 0 radical (unpaired) electrons. The Labute approximate surface area is 162 Å². The van der Waals surface area contributed by atoms with Gasteiger partial charge in [0.15, 0.2) is 0 Å². The van der Waals surface area contributed by atoms with Gasteiger partial charge in [0.2, 0.25) is 0 Å². The molecule has 0 atom stereocenters. The van der Waals surface area contributed by atoms with Gasteiger partial charge >= 0.3 is 5.97 Å². The van der Waals surface area contributed by atoms with Crippen molar-refractivity contribution in [1.29, 1.82) is 0 Å². The maximum Gasteiger partial charge on any atom is 0.352 e. The number of nitrogens with zero attached hydrogens (tertiary/aromatic N) is 1. The Kier molecular flexibility index (Phi) is 6.15. The molecule has 1 amide bonds. The molecule has 0 aliphatic heterocycles. The van der Waals surface area contributed by atoms with E-state index in [4.69, 9.17) is 4.74 Å². The molecular formula is C22H18N2O4. The van der Waals surface area contributed by atoms with Gasteiger partial charge < -0.3 is 15.2 Å². The van der Waals surface area contributed by atoms with Gasteiger partial charge in [-0.05, 0) is 48.0 Å². The van der Waals surface area contributed by atoms with Crippen LogP contribution in [0, 0.1) is 0 Å². The normalized spacial score (nSPS) is 10.9. The molecule has 0 aliphatic rings. The first-order chi connectivity index (χ1) is 13.6. The van der Waals surface area contributed by atoms with E-state index in [2.05, 4.69) is 10.3 Å². The summed E-state index contributed by atoms with van der Waals surface area (Å²) in [5.41, 5.74) is 1.60. The summed E-state index contributed by atoms with van der Waals surface area (Å²) < 4.78 is 5.65. The Morgan fingerprint density at radius 2 is 1.68 bits per heavy atom. The molecule has 1 heterocycles. The Hall–Kier alpha value is -3.93. The van der Waals surface area contributed by atoms with Crippen LogP contribution in [0.5, 0.6) is 5.75 Å². The third-order valence-electron chi connectivity index (χ3n) is 3.82. The van der Waals surface area contributed by atoms with Crippen LogP contribution >= 0.6 is 0 Å². The van der Waals surface area contributed by atoms with E-state index in [1.165, 1.54) is 6.08 Å². The minimum absolute atomic E-state index is 0.212. The van der Waals surface area contributed by atoms with Crippen LogP contribution in [0.15, 0.2) is 84.7 Å². The Bertz CT molecular complexity index is 968. The first kappa shape index (κ1) is 18.8. The lowest BCUT2D eigenvalue weighted by Crippen LogP contribution is -2.27. The van der Waals surface area contributed by atoms with E-state index < -0.39 is 11.9 Å². The van der Waals surface area contributed by atoms with Crippen molar-refractivity contribution in [2.75, 3.05) is 0 Å². The van der Waals surface area contributed by atoms with Crippen molar-refractivity contribution in [2.45, 2.75) is 6.61 Å². The number of amides is 1. The van der Waals surface area contributed by atoms with Gasteiger partial charge in [-0.15, -0.1) is 0 Å². The number of rotatable bonds is 7. The summed E-state index contributed by atoms with van der Waals surface area (Å²) in [4.78, 5) is 27.8. The van der Waals surface area contributed by atoms with E-state index in [9.17, 15) is 14.7 Å². The largest absolute Gasteiger partial charge is 0.487 e. The highest BCUT2D eigenvalue weighted by molar-refractivity contribution is 6.02. The van der Waals surface area contributed by atoms with Crippen LogP contribution in [0.25, 0.3) is 6.08 Å². The second-order valence-corrected chi connectivity index (χ2v) is 5.86. The van der Waals surface area contributed by atoms with E-state index in [0.29, 0.717) is 23.5 Å². The number of ether oxygens (including phenoxy) is 1. The fourth-order valence-corrected chi connectivity index (χ4v) is 2.40. The van der Waals surface area contributed by atoms with Crippen LogP contribution in [0.3, 0.4) is 0 Å². The predicted molar refractivity (Wildman–Crippen MR) is 105 cm³/mol. The number of aromatic nitrogens is 1. The number of aliphatic carboxylic acids is 1. The van der Waals surface area contributed by atoms with Crippen molar-refractivity contribution in [3.8, 4) is 5.75 Å². The molecule has 1 aromatic heterocycles. The van der Waals surface area contributed by atoms with Crippen LogP contribution in [0.4, 0.5) is 0 Å². The molecule has 0 aliphatic carbocycles. The molecule has 2 aromatic carbocycles. The second kappa shape index (κ2) is 9.14. The third kappa shape index (κ3) is 5.28. The van der Waals surface area contributed by atoms with Gasteiger partial charge in [-0.1, -0.05) is 36.4 Å². The van der Waals surface area contributed by atoms with Gasteiger partial charge in [0.25, 0.3) is 5.91 Å². The number of hydrogen-bond donors (Lipinski definition) is 2. The second-order valence-electron chi connectivity index (χ2n) is 5.86. The summed E-state index contributed by atoms with van der Waals surface area (Å²) >= 11 is 0. The van der Waals surface area contributed by atoms with E-state index in [0.717, 1.165) is 5.69 Å². The van der Waals surface area contributed by atoms with Gasteiger partial charge in [0.1, 0.15) is 18.1 Å². The third-order valence-corrected chi connectivity index (χ3v) is 3.82. The van der Waals surface area contributed by atoms with Crippen molar-refractivity contribution >= 4 is 18.0 Å². The molecule has 6 nitrogen and oxygen atoms in total. The maximum atomic E-state index is 12.2. The molecule has 0 saturated carbocycles. The molecule has 0 saturated heterocycles. The van der Waals surface area contributed by atoms with Crippen LogP contribution in [-0.2, 0) is 11.4 Å². The number of carbonyl (C=O) groups excluding carboxylic acids is 1. The molecule has 28 heavy (non-hydrogen) atoms. The first-order valence-corrected chi connectivity index (χ1v) is 8.56. The number of hydrogen-bond acceptors (Lipinski definition) is 4. The highest BCUT2D eigenvalue weighted by atomic mass is 16.5. The van der Waals surface area contributed by atoms with E-state index in [1.54, 1.807) is 60.8 Å². The standard InChI is InChI=1S/C22H18N2O4/c25-21(17-6-2-1-3-7-17)24-20(22(26)27)14-16-9-11-19(12-10-16)28-15-18-8-4-5-13-23-18/h1-14H,15H2,(H,24,25)(H,26,27)/b20-14-. The monoisotopic (exact) mass is 374 g/mol. The Morgan fingerprint density at radius 3 is 2.32 bits per heavy atom. The first-order valence-electron chi connectivity index (χ1n) is 8.56. The van der Waals surface area contributed by atoms with Crippen molar-refractivity contribution in [3.63, 3.8) is 0 Å². The summed E-state index contributed by atoms with van der Waals surface area (Å²) in [6.45, 7) is 0.337. The minimum Gasteiger partial charge on any atom is -0.487 e. The number of carboxylic acids is 1. The lowest BCUT2D eigenvalue weighted by atomic mass is 10.1. The zero-order chi connectivity index (χ0) is 19.8. The van der Waals surface area contributed by atoms with E-state index in [1.807, 2.05) is 18.2 Å². The number of nitrogens with one attached hydrogen (secondary N) is 1. The number of pyridine rings is 1. The van der Waals surface area contributed by atoms with Crippen molar-refractivity contribution in [2.24, 2.45) is 0 Å². The fourth-order valence-electron chi connectivity index (χ4n) is 2.40. The molecule has 140 valence electrons. The molecule has 0 spiro atoms. The van der Waals surface area contributed by atoms with Crippen LogP contribution in [-0.4, -0.2) is 22.0 Å². The van der Waals surface area contributed by atoms with Crippen molar-refractivity contribution in [1.82, 2.24) is 10.3 Å². The average molecular weight is 374 g/mol. The fraction of sp³-hybridized carbons (Fsp3) is 0.0455. The molecular weight excluding hydrogens is 356 g/mol. The smallest absolute Gasteiger partial charge is 0.352 e. The molecule has 2 N–H and O–H groups in total. The van der Waals surface area contributed by atoms with Gasteiger partial charge in [-0.25, -0.2) is 4.79 Å². The highest BCUT2D eigenvalue weighted by Crippen LogP contribution is 2.16. The summed E-state index contributed by atoms with van der Waals surface area (Å²) in [6, 6.07) is 20.9. The summed E-state index contributed by atoms with van der Waals surface area (Å²) in [5.74, 6) is -1.07. The number of benzene rings is 2. The lowest BCUT2D eigenvalue weighted by Gasteiger charge is -2.08. The molecule has 3 aromatic rings. The Balaban J connectivity index is 1.67. The SMILES string of the molecule is O=C(O)/C(=C/c1ccc(OCc2ccccn2)cc1)NC(=O)c1ccccc1. The molecule has 0 unspecified atom stereocenters. The topological polar surface area (TPSA) is 88.5 Å². The van der Waals surface area contributed by atoms with Crippen molar-refractivity contribution in [3.05, 3.63) is 102 Å². The average Bonchev–Trinajstić information content (AvgIpc) is 2.74. The van der Waals surface area contributed by atoms with Crippen LogP contribution < -0.4 is 10.1 Å². The number of carbonyl (C=O) groups is 2.